The summed E-state index contributed by atoms with van der Waals surface area (Å²) in [7, 11) is 0. The zero-order valence-electron chi connectivity index (χ0n) is 13.3. The van der Waals surface area contributed by atoms with E-state index in [-0.39, 0.29) is 12.8 Å². The zero-order valence-corrected chi connectivity index (χ0v) is 13.3. The van der Waals surface area contributed by atoms with Crippen molar-refractivity contribution in [1.29, 1.82) is 0 Å². The Hall–Kier alpha value is -1.84. The summed E-state index contributed by atoms with van der Waals surface area (Å²) < 4.78 is 0. The normalized spacial score (nSPS) is 10.6. The number of carbonyl (C=O) groups is 2. The molecule has 0 unspecified atom stereocenters. The number of carboxylic acid groups (broad SMARTS) is 2. The Bertz CT molecular complexity index is 494. The third kappa shape index (κ3) is 6.74. The molecule has 0 aromatic heterocycles. The summed E-state index contributed by atoms with van der Waals surface area (Å²) in [6.45, 7) is 2.19. The van der Waals surface area contributed by atoms with Crippen molar-refractivity contribution in [2.75, 3.05) is 0 Å². The summed E-state index contributed by atoms with van der Waals surface area (Å²) >= 11 is 0. The van der Waals surface area contributed by atoms with Crippen LogP contribution in [0.2, 0.25) is 0 Å². The predicted octanol–water partition coefficient (Wildman–Crippen LogP) is 3.84. The maximum absolute atomic E-state index is 11.1. The fraction of sp³-hybridized carbons (Fsp3) is 0.556. The van der Waals surface area contributed by atoms with E-state index in [0.29, 0.717) is 11.1 Å². The van der Waals surface area contributed by atoms with Gasteiger partial charge < -0.3 is 10.2 Å². The first-order valence-electron chi connectivity index (χ1n) is 8.07. The second kappa shape index (κ2) is 9.98. The molecule has 0 bridgehead atoms. The lowest BCUT2D eigenvalue weighted by molar-refractivity contribution is -0.137. The Kier molecular flexibility index (Phi) is 8.26. The summed E-state index contributed by atoms with van der Waals surface area (Å²) in [4.78, 5) is 22.0. The zero-order chi connectivity index (χ0) is 16.4. The van der Waals surface area contributed by atoms with Gasteiger partial charge >= 0.3 is 11.9 Å². The van der Waals surface area contributed by atoms with Gasteiger partial charge in [-0.05, 0) is 29.5 Å². The van der Waals surface area contributed by atoms with Crippen molar-refractivity contribution in [3.63, 3.8) is 0 Å². The summed E-state index contributed by atoms with van der Waals surface area (Å²) in [6, 6.07) is 5.48. The summed E-state index contributed by atoms with van der Waals surface area (Å²) in [5.74, 6) is -1.84. The third-order valence-corrected chi connectivity index (χ3v) is 3.84. The van der Waals surface area contributed by atoms with E-state index in [1.165, 1.54) is 25.7 Å². The first-order valence-corrected chi connectivity index (χ1v) is 8.07. The van der Waals surface area contributed by atoms with Gasteiger partial charge in [-0.3, -0.25) is 9.59 Å². The molecule has 0 heterocycles. The van der Waals surface area contributed by atoms with Gasteiger partial charge in [-0.2, -0.15) is 0 Å². The summed E-state index contributed by atoms with van der Waals surface area (Å²) in [5, 5.41) is 18.0. The molecule has 22 heavy (non-hydrogen) atoms. The van der Waals surface area contributed by atoms with Crippen molar-refractivity contribution in [2.45, 2.75) is 64.7 Å². The van der Waals surface area contributed by atoms with Crippen LogP contribution in [0, 0.1) is 0 Å². The van der Waals surface area contributed by atoms with Crippen LogP contribution in [0.3, 0.4) is 0 Å². The molecule has 0 spiro atoms. The predicted molar refractivity (Wildman–Crippen MR) is 86.2 cm³/mol. The average molecular weight is 306 g/mol. The van der Waals surface area contributed by atoms with Crippen LogP contribution in [-0.2, 0) is 28.9 Å². The standard InChI is InChI=1S/C18H26O4/c1-2-3-4-5-6-7-9-14-10-8-11-15(12-17(19)20)16(14)13-18(21)22/h8,10-11H,2-7,9,12-13H2,1H3,(H,19,20)(H,21,22). The average Bonchev–Trinajstić information content (AvgIpc) is 2.44. The van der Waals surface area contributed by atoms with E-state index in [1.54, 1.807) is 6.07 Å². The first kappa shape index (κ1) is 18.2. The molecule has 4 heteroatoms. The molecule has 1 rings (SSSR count). The van der Waals surface area contributed by atoms with Crippen LogP contribution in [0.1, 0.15) is 62.1 Å². The molecule has 0 saturated carbocycles. The lowest BCUT2D eigenvalue weighted by Gasteiger charge is -2.12. The van der Waals surface area contributed by atoms with Crippen molar-refractivity contribution in [3.8, 4) is 0 Å². The molecular weight excluding hydrogens is 280 g/mol. The van der Waals surface area contributed by atoms with Crippen molar-refractivity contribution in [2.24, 2.45) is 0 Å². The fourth-order valence-corrected chi connectivity index (χ4v) is 2.72. The van der Waals surface area contributed by atoms with E-state index in [2.05, 4.69) is 6.92 Å². The van der Waals surface area contributed by atoms with E-state index < -0.39 is 11.9 Å². The monoisotopic (exact) mass is 306 g/mol. The van der Waals surface area contributed by atoms with Crippen LogP contribution in [0.25, 0.3) is 0 Å². The van der Waals surface area contributed by atoms with Gasteiger partial charge in [0.15, 0.2) is 0 Å². The number of carboxylic acids is 2. The molecular formula is C18H26O4. The Morgan fingerprint density at radius 3 is 2.09 bits per heavy atom. The van der Waals surface area contributed by atoms with Crippen molar-refractivity contribution in [1.82, 2.24) is 0 Å². The molecule has 0 amide bonds. The molecule has 0 aliphatic rings. The number of benzene rings is 1. The van der Waals surface area contributed by atoms with Crippen molar-refractivity contribution < 1.29 is 19.8 Å². The van der Waals surface area contributed by atoms with E-state index in [1.807, 2.05) is 12.1 Å². The molecule has 122 valence electrons. The number of hydrogen-bond donors (Lipinski definition) is 2. The van der Waals surface area contributed by atoms with Gasteiger partial charge in [0, 0.05) is 0 Å². The Morgan fingerprint density at radius 1 is 0.864 bits per heavy atom. The van der Waals surface area contributed by atoms with Crippen LogP contribution in [0.5, 0.6) is 0 Å². The number of aliphatic carboxylic acids is 2. The Morgan fingerprint density at radius 2 is 1.45 bits per heavy atom. The van der Waals surface area contributed by atoms with E-state index in [9.17, 15) is 9.59 Å². The number of hydrogen-bond acceptors (Lipinski definition) is 2. The topological polar surface area (TPSA) is 74.6 Å². The minimum Gasteiger partial charge on any atom is -0.481 e. The van der Waals surface area contributed by atoms with Crippen LogP contribution in [0.4, 0.5) is 0 Å². The van der Waals surface area contributed by atoms with Gasteiger partial charge in [0.2, 0.25) is 0 Å². The minimum atomic E-state index is -0.927. The maximum Gasteiger partial charge on any atom is 0.307 e. The van der Waals surface area contributed by atoms with Crippen LogP contribution < -0.4 is 0 Å². The first-order chi connectivity index (χ1) is 10.5. The highest BCUT2D eigenvalue weighted by Gasteiger charge is 2.14. The van der Waals surface area contributed by atoms with Crippen LogP contribution >= 0.6 is 0 Å². The smallest absolute Gasteiger partial charge is 0.307 e. The van der Waals surface area contributed by atoms with E-state index in [4.69, 9.17) is 10.2 Å². The van der Waals surface area contributed by atoms with E-state index >= 15 is 0 Å². The third-order valence-electron chi connectivity index (χ3n) is 3.84. The molecule has 0 fully saturated rings. The van der Waals surface area contributed by atoms with Crippen LogP contribution in [-0.4, -0.2) is 22.2 Å². The van der Waals surface area contributed by atoms with Gasteiger partial charge in [-0.15, -0.1) is 0 Å². The highest BCUT2D eigenvalue weighted by Crippen LogP contribution is 2.20. The van der Waals surface area contributed by atoms with Gasteiger partial charge in [-0.1, -0.05) is 57.2 Å². The summed E-state index contributed by atoms with van der Waals surface area (Å²) in [6.07, 6.45) is 7.69. The SMILES string of the molecule is CCCCCCCCc1cccc(CC(=O)O)c1CC(=O)O. The lowest BCUT2D eigenvalue weighted by atomic mass is 9.93. The van der Waals surface area contributed by atoms with Crippen molar-refractivity contribution >= 4 is 11.9 Å². The molecule has 0 atom stereocenters. The number of aryl methyl sites for hydroxylation is 1. The molecule has 1 aromatic rings. The van der Waals surface area contributed by atoms with Crippen molar-refractivity contribution in [3.05, 3.63) is 34.9 Å². The highest BCUT2D eigenvalue weighted by molar-refractivity contribution is 5.75. The second-order valence-electron chi connectivity index (χ2n) is 5.71. The maximum atomic E-state index is 11.1. The van der Waals surface area contributed by atoms with Gasteiger partial charge in [-0.25, -0.2) is 0 Å². The number of rotatable bonds is 11. The largest absolute Gasteiger partial charge is 0.481 e. The lowest BCUT2D eigenvalue weighted by Crippen LogP contribution is -2.10. The molecule has 0 saturated heterocycles. The highest BCUT2D eigenvalue weighted by atomic mass is 16.4. The minimum absolute atomic E-state index is 0.103. The Balaban J connectivity index is 2.70. The molecule has 0 radical (unpaired) electrons. The Labute approximate surface area is 132 Å². The number of unbranched alkanes of at least 4 members (excludes halogenated alkanes) is 5. The van der Waals surface area contributed by atoms with Gasteiger partial charge in [0.25, 0.3) is 0 Å². The van der Waals surface area contributed by atoms with E-state index in [0.717, 1.165) is 24.8 Å². The fourth-order valence-electron chi connectivity index (χ4n) is 2.72. The van der Waals surface area contributed by atoms with Gasteiger partial charge in [0.05, 0.1) is 12.8 Å². The quantitative estimate of drug-likeness (QED) is 0.609. The summed E-state index contributed by atoms with van der Waals surface area (Å²) in [5.41, 5.74) is 2.29. The van der Waals surface area contributed by atoms with Gasteiger partial charge in [0.1, 0.15) is 0 Å². The molecule has 0 aliphatic heterocycles. The second-order valence-corrected chi connectivity index (χ2v) is 5.71. The molecule has 1 aromatic carbocycles. The molecule has 2 N–H and O–H groups in total. The molecule has 0 aliphatic carbocycles. The molecule has 4 nitrogen and oxygen atoms in total. The van der Waals surface area contributed by atoms with Crippen LogP contribution in [0.15, 0.2) is 18.2 Å².